The van der Waals surface area contributed by atoms with Gasteiger partial charge in [-0.05, 0) is 25.8 Å². The summed E-state index contributed by atoms with van der Waals surface area (Å²) in [5.41, 5.74) is 0.495. The number of hydrogen-bond acceptors (Lipinski definition) is 2. The summed E-state index contributed by atoms with van der Waals surface area (Å²) in [6.45, 7) is 1.82. The van der Waals surface area contributed by atoms with Gasteiger partial charge in [0.05, 0.1) is 6.61 Å². The van der Waals surface area contributed by atoms with E-state index in [2.05, 4.69) is 4.90 Å². The van der Waals surface area contributed by atoms with Crippen LogP contribution in [0.25, 0.3) is 0 Å². The van der Waals surface area contributed by atoms with Gasteiger partial charge in [-0.1, -0.05) is 0 Å². The standard InChI is InChI=1S/C8H15NO.CH2F2/c1-10-7-8-3-2-5-9(8)6-4-8;2-1-3/h2-7H2,1H3;1H2. The maximum absolute atomic E-state index is 9.62. The first kappa shape index (κ1) is 10.9. The quantitative estimate of drug-likeness (QED) is 0.662. The van der Waals surface area contributed by atoms with Crippen LogP contribution in [0.3, 0.4) is 0 Å². The van der Waals surface area contributed by atoms with Crippen LogP contribution in [-0.2, 0) is 4.74 Å². The second-order valence-corrected chi connectivity index (χ2v) is 3.60. The van der Waals surface area contributed by atoms with Crippen molar-refractivity contribution in [1.82, 2.24) is 4.90 Å². The predicted octanol–water partition coefficient (Wildman–Crippen LogP) is 1.75. The number of nitrogens with zero attached hydrogens (tertiary/aromatic N) is 1. The molecule has 2 rings (SSSR count). The van der Waals surface area contributed by atoms with Crippen molar-refractivity contribution in [2.24, 2.45) is 0 Å². The molecule has 78 valence electrons. The van der Waals surface area contributed by atoms with Crippen LogP contribution < -0.4 is 0 Å². The molecule has 2 nitrogen and oxygen atoms in total. The molecule has 0 aromatic heterocycles. The fourth-order valence-corrected chi connectivity index (χ4v) is 2.32. The van der Waals surface area contributed by atoms with Crippen molar-refractivity contribution in [2.75, 3.05) is 33.7 Å². The maximum Gasteiger partial charge on any atom is 0.229 e. The SMILES string of the molecule is COCC12CCCN1CC2.FCF. The van der Waals surface area contributed by atoms with E-state index >= 15 is 0 Å². The molecule has 1 atom stereocenters. The zero-order valence-electron chi connectivity index (χ0n) is 8.06. The minimum Gasteiger partial charge on any atom is -0.383 e. The van der Waals surface area contributed by atoms with Gasteiger partial charge in [0.2, 0.25) is 6.93 Å². The summed E-state index contributed by atoms with van der Waals surface area (Å²) in [4.78, 5) is 2.57. The number of fused-ring (bicyclic) bond motifs is 1. The zero-order chi connectivity index (χ0) is 9.73. The average Bonchev–Trinajstić information content (AvgIpc) is 2.34. The fourth-order valence-electron chi connectivity index (χ4n) is 2.32. The third-order valence-electron chi connectivity index (χ3n) is 3.00. The van der Waals surface area contributed by atoms with Crippen molar-refractivity contribution in [3.05, 3.63) is 0 Å². The number of halogens is 2. The first-order valence-electron chi connectivity index (χ1n) is 4.65. The topological polar surface area (TPSA) is 12.5 Å². The highest BCUT2D eigenvalue weighted by molar-refractivity contribution is 5.03. The minimum atomic E-state index is -1.75. The summed E-state index contributed by atoms with van der Waals surface area (Å²) in [7, 11) is 1.81. The summed E-state index contributed by atoms with van der Waals surface area (Å²) >= 11 is 0. The number of alkyl halides is 2. The number of ether oxygens (including phenoxy) is 1. The highest BCUT2D eigenvalue weighted by Gasteiger charge is 2.47. The molecule has 0 bridgehead atoms. The Hall–Kier alpha value is -0.220. The van der Waals surface area contributed by atoms with E-state index in [9.17, 15) is 8.78 Å². The maximum atomic E-state index is 9.62. The lowest BCUT2D eigenvalue weighted by molar-refractivity contribution is -0.0339. The van der Waals surface area contributed by atoms with Gasteiger partial charge in [-0.25, -0.2) is 8.78 Å². The second kappa shape index (κ2) is 4.86. The van der Waals surface area contributed by atoms with Gasteiger partial charge in [0, 0.05) is 19.2 Å². The Morgan fingerprint density at radius 2 is 2.00 bits per heavy atom. The first-order valence-corrected chi connectivity index (χ1v) is 4.65. The molecule has 1 unspecified atom stereocenters. The Kier molecular flexibility index (Phi) is 4.06. The molecule has 2 heterocycles. The van der Waals surface area contributed by atoms with Crippen molar-refractivity contribution in [3.63, 3.8) is 0 Å². The lowest BCUT2D eigenvalue weighted by Gasteiger charge is -2.47. The molecular weight excluding hydrogens is 176 g/mol. The number of methoxy groups -OCH3 is 1. The molecule has 0 saturated carbocycles. The molecular formula is C9H17F2NO. The van der Waals surface area contributed by atoms with E-state index in [-0.39, 0.29) is 0 Å². The molecule has 13 heavy (non-hydrogen) atoms. The third kappa shape index (κ3) is 2.17. The van der Waals surface area contributed by atoms with Crippen LogP contribution in [0.1, 0.15) is 19.3 Å². The van der Waals surface area contributed by atoms with Crippen molar-refractivity contribution in [3.8, 4) is 0 Å². The van der Waals surface area contributed by atoms with Gasteiger partial charge in [0.25, 0.3) is 0 Å². The normalized spacial score (nSPS) is 31.6. The van der Waals surface area contributed by atoms with E-state index in [1.54, 1.807) is 0 Å². The Labute approximate surface area is 77.9 Å². The molecule has 2 saturated heterocycles. The molecule has 0 N–H and O–H groups in total. The second-order valence-electron chi connectivity index (χ2n) is 3.60. The highest BCUT2D eigenvalue weighted by Crippen LogP contribution is 2.40. The molecule has 2 aliphatic rings. The van der Waals surface area contributed by atoms with Crippen LogP contribution in [0.2, 0.25) is 0 Å². The van der Waals surface area contributed by atoms with Gasteiger partial charge in [0.1, 0.15) is 0 Å². The van der Waals surface area contributed by atoms with E-state index in [1.807, 2.05) is 7.11 Å². The fraction of sp³-hybridized carbons (Fsp3) is 1.00. The molecule has 4 heteroatoms. The van der Waals surface area contributed by atoms with Gasteiger partial charge in [-0.15, -0.1) is 0 Å². The minimum absolute atomic E-state index is 0.495. The monoisotopic (exact) mass is 193 g/mol. The van der Waals surface area contributed by atoms with E-state index in [4.69, 9.17) is 4.74 Å². The summed E-state index contributed by atoms with van der Waals surface area (Å²) < 4.78 is 24.5. The Morgan fingerprint density at radius 3 is 2.38 bits per heavy atom. The highest BCUT2D eigenvalue weighted by atomic mass is 19.3. The van der Waals surface area contributed by atoms with Crippen LogP contribution >= 0.6 is 0 Å². The van der Waals surface area contributed by atoms with Crippen LogP contribution in [-0.4, -0.2) is 44.2 Å². The van der Waals surface area contributed by atoms with E-state index in [0.717, 1.165) is 6.61 Å². The molecule has 0 spiro atoms. The van der Waals surface area contributed by atoms with Crippen molar-refractivity contribution >= 4 is 0 Å². The summed E-state index contributed by atoms with van der Waals surface area (Å²) in [6, 6.07) is 0. The van der Waals surface area contributed by atoms with E-state index in [1.165, 1.54) is 32.4 Å². The average molecular weight is 193 g/mol. The Morgan fingerprint density at radius 1 is 1.31 bits per heavy atom. The van der Waals surface area contributed by atoms with Gasteiger partial charge < -0.3 is 4.74 Å². The van der Waals surface area contributed by atoms with Crippen LogP contribution in [0, 0.1) is 0 Å². The molecule has 0 aliphatic carbocycles. The van der Waals surface area contributed by atoms with Crippen molar-refractivity contribution in [2.45, 2.75) is 24.8 Å². The molecule has 2 aliphatic heterocycles. The molecule has 2 fully saturated rings. The smallest absolute Gasteiger partial charge is 0.229 e. The molecule has 0 radical (unpaired) electrons. The Bertz CT molecular complexity index is 157. The lowest BCUT2D eigenvalue weighted by atomic mass is 9.86. The van der Waals surface area contributed by atoms with Gasteiger partial charge in [-0.2, -0.15) is 0 Å². The van der Waals surface area contributed by atoms with Crippen molar-refractivity contribution < 1.29 is 13.5 Å². The summed E-state index contributed by atoms with van der Waals surface area (Å²) in [5.74, 6) is 0. The van der Waals surface area contributed by atoms with Crippen molar-refractivity contribution in [1.29, 1.82) is 0 Å². The van der Waals surface area contributed by atoms with Crippen LogP contribution in [0.5, 0.6) is 0 Å². The van der Waals surface area contributed by atoms with Crippen LogP contribution in [0.15, 0.2) is 0 Å². The Balaban J connectivity index is 0.000000251. The lowest BCUT2D eigenvalue weighted by Crippen LogP contribution is -2.58. The third-order valence-corrected chi connectivity index (χ3v) is 3.00. The number of rotatable bonds is 2. The summed E-state index contributed by atoms with van der Waals surface area (Å²) in [5, 5.41) is 0. The van der Waals surface area contributed by atoms with Crippen LogP contribution in [0.4, 0.5) is 8.78 Å². The molecule has 0 aromatic rings. The predicted molar refractivity (Wildman–Crippen MR) is 47.1 cm³/mol. The van der Waals surface area contributed by atoms with Gasteiger partial charge in [-0.3, -0.25) is 4.90 Å². The summed E-state index contributed by atoms with van der Waals surface area (Å²) in [6.07, 6.45) is 4.10. The number of hydrogen-bond donors (Lipinski definition) is 0. The van der Waals surface area contributed by atoms with E-state index < -0.39 is 6.93 Å². The zero-order valence-corrected chi connectivity index (χ0v) is 8.06. The van der Waals surface area contributed by atoms with Gasteiger partial charge in [0.15, 0.2) is 0 Å². The van der Waals surface area contributed by atoms with Gasteiger partial charge >= 0.3 is 0 Å². The largest absolute Gasteiger partial charge is 0.383 e. The molecule has 0 amide bonds. The van der Waals surface area contributed by atoms with E-state index in [0.29, 0.717) is 5.54 Å². The molecule has 0 aromatic carbocycles. The first-order chi connectivity index (χ1) is 6.29.